The van der Waals surface area contributed by atoms with E-state index in [1.165, 1.54) is 180 Å². The number of unbranched alkanes of at least 4 members (excludes halogenated alkanes) is 33. The van der Waals surface area contributed by atoms with E-state index in [2.05, 4.69) is 19.2 Å². The van der Waals surface area contributed by atoms with Crippen LogP contribution in [0.15, 0.2) is 12.2 Å². The van der Waals surface area contributed by atoms with Gasteiger partial charge in [0.1, 0.15) is 48.8 Å². The molecule has 0 spiro atoms. The molecule has 0 bridgehead atoms. The van der Waals surface area contributed by atoms with Gasteiger partial charge in [-0.1, -0.05) is 231 Å². The molecule has 2 aliphatic heterocycles. The first-order valence-electron chi connectivity index (χ1n) is 28.9. The van der Waals surface area contributed by atoms with Crippen LogP contribution in [-0.2, 0) is 23.7 Å². The Morgan fingerprint density at radius 3 is 1.31 bits per heavy atom. The minimum atomic E-state index is -1.78. The van der Waals surface area contributed by atoms with E-state index in [4.69, 9.17) is 18.9 Å². The molecule has 12 atom stereocenters. The lowest BCUT2D eigenvalue weighted by Crippen LogP contribution is -2.65. The fraction of sp³-hybridized carbons (Fsp3) is 0.946. The van der Waals surface area contributed by atoms with Gasteiger partial charge in [-0.25, -0.2) is 0 Å². The maximum Gasteiger partial charge on any atom is 0.220 e. The van der Waals surface area contributed by atoms with Gasteiger partial charge in [-0.15, -0.1) is 0 Å². The lowest BCUT2D eigenvalue weighted by Gasteiger charge is -2.46. The fourth-order valence-electron chi connectivity index (χ4n) is 9.76. The number of aliphatic hydroxyl groups excluding tert-OH is 8. The highest BCUT2D eigenvalue weighted by Crippen LogP contribution is 2.30. The first kappa shape index (κ1) is 64.8. The van der Waals surface area contributed by atoms with E-state index in [9.17, 15) is 45.6 Å². The number of nitrogens with one attached hydrogen (secondary N) is 1. The van der Waals surface area contributed by atoms with Gasteiger partial charge in [0.05, 0.1) is 32.0 Å². The van der Waals surface area contributed by atoms with E-state index in [0.29, 0.717) is 6.42 Å². The average molecular weight is 1000 g/mol. The van der Waals surface area contributed by atoms with Gasteiger partial charge in [0.15, 0.2) is 12.6 Å². The van der Waals surface area contributed by atoms with E-state index in [0.717, 1.165) is 38.5 Å². The molecule has 1 amide bonds. The molecule has 2 saturated heterocycles. The van der Waals surface area contributed by atoms with Crippen LogP contribution in [0.3, 0.4) is 0 Å². The van der Waals surface area contributed by atoms with Crippen molar-refractivity contribution < 1.29 is 64.6 Å². The zero-order valence-electron chi connectivity index (χ0n) is 44.3. The lowest BCUT2D eigenvalue weighted by molar-refractivity contribution is -0.359. The molecule has 70 heavy (non-hydrogen) atoms. The number of carbonyl (C=O) groups excluding carboxylic acids is 1. The second-order valence-corrected chi connectivity index (χ2v) is 20.8. The minimum Gasteiger partial charge on any atom is -0.394 e. The maximum absolute atomic E-state index is 13.2. The Balaban J connectivity index is 1.74. The van der Waals surface area contributed by atoms with Gasteiger partial charge >= 0.3 is 0 Å². The van der Waals surface area contributed by atoms with E-state index < -0.39 is 86.8 Å². The third-order valence-corrected chi connectivity index (χ3v) is 14.5. The Hall–Kier alpha value is -1.27. The molecule has 9 N–H and O–H groups in total. The van der Waals surface area contributed by atoms with Crippen molar-refractivity contribution in [3.05, 3.63) is 12.2 Å². The van der Waals surface area contributed by atoms with Crippen molar-refractivity contribution in [3.8, 4) is 0 Å². The fourth-order valence-corrected chi connectivity index (χ4v) is 9.76. The second kappa shape index (κ2) is 43.0. The molecule has 1 unspecified atom stereocenters. The molecule has 14 heteroatoms. The molecule has 0 aromatic heterocycles. The van der Waals surface area contributed by atoms with Crippen molar-refractivity contribution in [1.82, 2.24) is 5.32 Å². The van der Waals surface area contributed by atoms with Crippen LogP contribution in [0.5, 0.6) is 0 Å². The number of rotatable bonds is 46. The largest absolute Gasteiger partial charge is 0.394 e. The number of amides is 1. The quantitative estimate of drug-likeness (QED) is 0.0205. The van der Waals surface area contributed by atoms with Gasteiger partial charge in [0.2, 0.25) is 5.91 Å². The number of aliphatic hydroxyl groups is 8. The van der Waals surface area contributed by atoms with Gasteiger partial charge in [0, 0.05) is 6.42 Å². The second-order valence-electron chi connectivity index (χ2n) is 20.8. The van der Waals surface area contributed by atoms with Crippen LogP contribution < -0.4 is 5.32 Å². The first-order valence-corrected chi connectivity index (χ1v) is 28.9. The normalized spacial score (nSPS) is 26.0. The summed E-state index contributed by atoms with van der Waals surface area (Å²) in [6.07, 6.45) is 31.1. The summed E-state index contributed by atoms with van der Waals surface area (Å²) >= 11 is 0. The van der Waals surface area contributed by atoms with Crippen LogP contribution in [-0.4, -0.2) is 140 Å². The number of ether oxygens (including phenoxy) is 4. The van der Waals surface area contributed by atoms with Gasteiger partial charge in [-0.3, -0.25) is 4.79 Å². The van der Waals surface area contributed by atoms with Gasteiger partial charge in [-0.2, -0.15) is 0 Å². The molecule has 2 rings (SSSR count). The molecule has 0 saturated carbocycles. The SMILES string of the molecule is CCCCCCCCCCCCC/C=C/[C@@H](O)[C@H](CO[C@@H]1O[C@H](CO)[C@@H](O[C@@H]2O[C@H](CO)[C@H](O)[C@H](O)[C@H]2O)[C@H](O)C1O)NC(=O)CCCCCCCCCCCCCCCCCCCCCCCCC. The third kappa shape index (κ3) is 29.0. The van der Waals surface area contributed by atoms with E-state index >= 15 is 0 Å². The smallest absolute Gasteiger partial charge is 0.220 e. The summed E-state index contributed by atoms with van der Waals surface area (Å²) < 4.78 is 22.7. The summed E-state index contributed by atoms with van der Waals surface area (Å²) in [4.78, 5) is 13.2. The molecule has 2 aliphatic rings. The van der Waals surface area contributed by atoms with E-state index in [-0.39, 0.29) is 18.9 Å². The first-order chi connectivity index (χ1) is 34.1. The lowest BCUT2D eigenvalue weighted by atomic mass is 9.97. The van der Waals surface area contributed by atoms with Crippen LogP contribution in [0.2, 0.25) is 0 Å². The predicted molar refractivity (Wildman–Crippen MR) is 277 cm³/mol. The zero-order valence-corrected chi connectivity index (χ0v) is 44.3. The van der Waals surface area contributed by atoms with Crippen molar-refractivity contribution in [2.45, 2.75) is 319 Å². The Bertz CT molecular complexity index is 1230. The van der Waals surface area contributed by atoms with Crippen molar-refractivity contribution in [2.24, 2.45) is 0 Å². The summed E-state index contributed by atoms with van der Waals surface area (Å²) in [5, 5.41) is 86.9. The van der Waals surface area contributed by atoms with Crippen LogP contribution in [0, 0.1) is 0 Å². The number of hydrogen-bond donors (Lipinski definition) is 9. The van der Waals surface area contributed by atoms with Crippen LogP contribution in [0.25, 0.3) is 0 Å². The molecule has 0 aromatic carbocycles. The number of allylic oxidation sites excluding steroid dienone is 1. The molecular formula is C56H107NO13. The maximum atomic E-state index is 13.2. The van der Waals surface area contributed by atoms with E-state index in [1.807, 2.05) is 6.08 Å². The summed E-state index contributed by atoms with van der Waals surface area (Å²) in [6, 6.07) is -0.908. The highest BCUT2D eigenvalue weighted by Gasteiger charge is 2.51. The topological polar surface area (TPSA) is 228 Å². The monoisotopic (exact) mass is 1000 g/mol. The molecular weight excluding hydrogens is 895 g/mol. The molecule has 0 aromatic rings. The van der Waals surface area contributed by atoms with Crippen LogP contribution in [0.4, 0.5) is 0 Å². The summed E-state index contributed by atoms with van der Waals surface area (Å²) in [5.74, 6) is -0.235. The average Bonchev–Trinajstić information content (AvgIpc) is 3.36. The Morgan fingerprint density at radius 1 is 0.500 bits per heavy atom. The van der Waals surface area contributed by atoms with Gasteiger partial charge < -0.3 is 65.1 Å². The molecule has 2 heterocycles. The molecule has 0 radical (unpaired) electrons. The summed E-state index contributed by atoms with van der Waals surface area (Å²) in [5.41, 5.74) is 0. The van der Waals surface area contributed by atoms with Crippen LogP contribution in [0.1, 0.15) is 245 Å². The van der Waals surface area contributed by atoms with Crippen LogP contribution >= 0.6 is 0 Å². The van der Waals surface area contributed by atoms with Crippen molar-refractivity contribution in [3.63, 3.8) is 0 Å². The molecule has 0 aliphatic carbocycles. The third-order valence-electron chi connectivity index (χ3n) is 14.5. The Kier molecular flexibility index (Phi) is 39.9. The van der Waals surface area contributed by atoms with Gasteiger partial charge in [-0.05, 0) is 19.3 Å². The Labute approximate surface area is 425 Å². The highest BCUT2D eigenvalue weighted by molar-refractivity contribution is 5.76. The van der Waals surface area contributed by atoms with Gasteiger partial charge in [0.25, 0.3) is 0 Å². The van der Waals surface area contributed by atoms with Crippen molar-refractivity contribution >= 4 is 5.91 Å². The number of carbonyl (C=O) groups is 1. The number of hydrogen-bond acceptors (Lipinski definition) is 13. The molecule has 414 valence electrons. The van der Waals surface area contributed by atoms with Crippen molar-refractivity contribution in [1.29, 1.82) is 0 Å². The highest BCUT2D eigenvalue weighted by atomic mass is 16.7. The van der Waals surface area contributed by atoms with E-state index in [1.54, 1.807) is 6.08 Å². The molecule has 2 fully saturated rings. The molecule has 14 nitrogen and oxygen atoms in total. The Morgan fingerprint density at radius 2 is 0.886 bits per heavy atom. The predicted octanol–water partition coefficient (Wildman–Crippen LogP) is 9.11. The summed E-state index contributed by atoms with van der Waals surface area (Å²) in [7, 11) is 0. The minimum absolute atomic E-state index is 0.235. The summed E-state index contributed by atoms with van der Waals surface area (Å²) in [6.45, 7) is 2.81. The zero-order chi connectivity index (χ0) is 51.0. The van der Waals surface area contributed by atoms with Crippen molar-refractivity contribution in [2.75, 3.05) is 19.8 Å². The standard InChI is InChI=1S/C56H107NO13/c1-3-5-7-9-11-13-15-17-18-19-20-21-22-23-24-25-26-28-30-32-34-36-38-40-48(61)57-44(45(60)39-37-35-33-31-29-27-16-14-12-10-8-6-4-2)43-67-55-53(66)51(64)54(47(42-59)69-55)70-56-52(65)50(63)49(62)46(41-58)68-56/h37,39,44-47,49-56,58-60,62-66H,3-36,38,40-43H2,1-2H3,(H,57,61)/b39-37+/t44-,45+,46+,47+,49-,50-,51+,52+,53?,54+,55+,56-/m0/s1.